The van der Waals surface area contributed by atoms with Crippen molar-refractivity contribution in [2.75, 3.05) is 13.2 Å². The fraction of sp³-hybridized carbons (Fsp3) is 0.462. The molecule has 0 saturated carbocycles. The molecule has 0 saturated heterocycles. The number of amides is 1. The molecule has 0 heterocycles. The van der Waals surface area contributed by atoms with Crippen LogP contribution in [0.25, 0.3) is 0 Å². The van der Waals surface area contributed by atoms with Crippen LogP contribution in [0.3, 0.4) is 0 Å². The van der Waals surface area contributed by atoms with Crippen molar-refractivity contribution in [1.29, 1.82) is 0 Å². The van der Waals surface area contributed by atoms with E-state index in [-0.39, 0.29) is 32.1 Å². The Labute approximate surface area is 114 Å². The summed E-state index contributed by atoms with van der Waals surface area (Å²) in [4.78, 5) is 11.4. The normalized spacial score (nSPS) is 11.4. The van der Waals surface area contributed by atoms with Gasteiger partial charge < -0.3 is 15.2 Å². The molecule has 7 heteroatoms. The molecule has 0 fully saturated rings. The van der Waals surface area contributed by atoms with Gasteiger partial charge in [-0.3, -0.25) is 4.79 Å². The molecule has 20 heavy (non-hydrogen) atoms. The van der Waals surface area contributed by atoms with Crippen LogP contribution in [-0.4, -0.2) is 30.4 Å². The number of hydrogen-bond acceptors (Lipinski definition) is 3. The summed E-state index contributed by atoms with van der Waals surface area (Å²) in [5.41, 5.74) is 1.53. The third kappa shape index (κ3) is 7.10. The highest BCUT2D eigenvalue weighted by atomic mass is 19.4. The molecule has 0 bridgehead atoms. The van der Waals surface area contributed by atoms with Crippen molar-refractivity contribution in [2.24, 2.45) is 0 Å². The molecule has 0 aliphatic rings. The van der Waals surface area contributed by atoms with E-state index in [1.54, 1.807) is 24.3 Å². The Morgan fingerprint density at radius 3 is 2.65 bits per heavy atom. The van der Waals surface area contributed by atoms with E-state index in [1.165, 1.54) is 0 Å². The van der Waals surface area contributed by atoms with Crippen molar-refractivity contribution in [1.82, 2.24) is 5.32 Å². The molecule has 112 valence electrons. The third-order valence-electron chi connectivity index (χ3n) is 2.40. The molecule has 0 aliphatic heterocycles. The van der Waals surface area contributed by atoms with Gasteiger partial charge in [-0.1, -0.05) is 24.3 Å². The van der Waals surface area contributed by atoms with E-state index in [4.69, 9.17) is 5.11 Å². The van der Waals surface area contributed by atoms with Gasteiger partial charge in [-0.2, -0.15) is 13.2 Å². The fourth-order valence-corrected chi connectivity index (χ4v) is 1.48. The van der Waals surface area contributed by atoms with E-state index in [1.807, 2.05) is 0 Å². The molecular weight excluding hydrogens is 275 g/mol. The maximum absolute atomic E-state index is 11.8. The van der Waals surface area contributed by atoms with Crippen molar-refractivity contribution < 1.29 is 27.8 Å². The van der Waals surface area contributed by atoms with Gasteiger partial charge in [0.15, 0.2) is 0 Å². The quantitative estimate of drug-likeness (QED) is 0.753. The molecule has 0 aromatic heterocycles. The molecule has 2 N–H and O–H groups in total. The molecule has 0 spiro atoms. The SMILES string of the molecule is O=C(CCOCC(F)(F)F)NCc1cccc(CO)c1. The Morgan fingerprint density at radius 1 is 1.30 bits per heavy atom. The van der Waals surface area contributed by atoms with E-state index in [0.29, 0.717) is 0 Å². The van der Waals surface area contributed by atoms with Crippen LogP contribution in [0.2, 0.25) is 0 Å². The van der Waals surface area contributed by atoms with Crippen LogP contribution in [0.5, 0.6) is 0 Å². The number of carbonyl (C=O) groups is 1. The highest BCUT2D eigenvalue weighted by molar-refractivity contribution is 5.75. The largest absolute Gasteiger partial charge is 0.411 e. The van der Waals surface area contributed by atoms with Gasteiger partial charge in [0.2, 0.25) is 5.91 Å². The first-order valence-corrected chi connectivity index (χ1v) is 6.00. The number of hydrogen-bond donors (Lipinski definition) is 2. The smallest absolute Gasteiger partial charge is 0.392 e. The van der Waals surface area contributed by atoms with Crippen molar-refractivity contribution >= 4 is 5.91 Å². The molecule has 4 nitrogen and oxygen atoms in total. The second-order valence-electron chi connectivity index (χ2n) is 4.17. The minimum absolute atomic E-state index is 0.0902. The van der Waals surface area contributed by atoms with E-state index in [0.717, 1.165) is 11.1 Å². The molecule has 1 rings (SSSR count). The molecule has 0 aliphatic carbocycles. The predicted octanol–water partition coefficient (Wildman–Crippen LogP) is 1.76. The van der Waals surface area contributed by atoms with Crippen molar-refractivity contribution in [3.05, 3.63) is 35.4 Å². The summed E-state index contributed by atoms with van der Waals surface area (Å²) in [7, 11) is 0. The number of benzene rings is 1. The molecule has 1 aromatic carbocycles. The molecular formula is C13H16F3NO3. The maximum Gasteiger partial charge on any atom is 0.411 e. The predicted molar refractivity (Wildman–Crippen MR) is 65.7 cm³/mol. The second-order valence-corrected chi connectivity index (χ2v) is 4.17. The standard InChI is InChI=1S/C13H16F3NO3/c14-13(15,16)9-20-5-4-12(19)17-7-10-2-1-3-11(6-10)8-18/h1-3,6,18H,4-5,7-9H2,(H,17,19). The average Bonchev–Trinajstić information content (AvgIpc) is 2.40. The summed E-state index contributed by atoms with van der Waals surface area (Å²) in [6, 6.07) is 7.01. The van der Waals surface area contributed by atoms with E-state index >= 15 is 0 Å². The van der Waals surface area contributed by atoms with Crippen LogP contribution in [0.15, 0.2) is 24.3 Å². The minimum atomic E-state index is -4.37. The van der Waals surface area contributed by atoms with Gasteiger partial charge in [-0.25, -0.2) is 0 Å². The number of nitrogens with one attached hydrogen (secondary N) is 1. The lowest BCUT2D eigenvalue weighted by molar-refractivity contribution is -0.174. The molecule has 0 atom stereocenters. The monoisotopic (exact) mass is 291 g/mol. The first-order valence-electron chi connectivity index (χ1n) is 6.00. The second kappa shape index (κ2) is 7.86. The Morgan fingerprint density at radius 2 is 2.00 bits per heavy atom. The van der Waals surface area contributed by atoms with Crippen LogP contribution in [-0.2, 0) is 22.7 Å². The van der Waals surface area contributed by atoms with Gasteiger partial charge in [-0.15, -0.1) is 0 Å². The van der Waals surface area contributed by atoms with Crippen LogP contribution in [0, 0.1) is 0 Å². The molecule has 0 unspecified atom stereocenters. The lowest BCUT2D eigenvalue weighted by Gasteiger charge is -2.08. The fourth-order valence-electron chi connectivity index (χ4n) is 1.48. The Hall–Kier alpha value is -1.60. The van der Waals surface area contributed by atoms with Crippen LogP contribution in [0.4, 0.5) is 13.2 Å². The summed E-state index contributed by atoms with van der Waals surface area (Å²) in [5, 5.41) is 11.5. The van der Waals surface area contributed by atoms with Gasteiger partial charge in [0.05, 0.1) is 13.2 Å². The Bertz CT molecular complexity index is 435. The van der Waals surface area contributed by atoms with Crippen LogP contribution in [0.1, 0.15) is 17.5 Å². The summed E-state index contributed by atoms with van der Waals surface area (Å²) in [5.74, 6) is -0.387. The van der Waals surface area contributed by atoms with Crippen LogP contribution >= 0.6 is 0 Å². The number of rotatable bonds is 7. The Kier molecular flexibility index (Phi) is 6.47. The lowest BCUT2D eigenvalue weighted by atomic mass is 10.1. The third-order valence-corrected chi connectivity index (χ3v) is 2.40. The topological polar surface area (TPSA) is 58.6 Å². The van der Waals surface area contributed by atoms with Gasteiger partial charge >= 0.3 is 6.18 Å². The highest BCUT2D eigenvalue weighted by Gasteiger charge is 2.27. The Balaban J connectivity index is 2.22. The molecule has 1 aromatic rings. The zero-order chi connectivity index (χ0) is 15.0. The van der Waals surface area contributed by atoms with Gasteiger partial charge in [0.1, 0.15) is 6.61 Å². The van der Waals surface area contributed by atoms with Gasteiger partial charge in [-0.05, 0) is 11.1 Å². The van der Waals surface area contributed by atoms with Gasteiger partial charge in [0, 0.05) is 13.0 Å². The minimum Gasteiger partial charge on any atom is -0.392 e. The van der Waals surface area contributed by atoms with Crippen molar-refractivity contribution in [2.45, 2.75) is 25.7 Å². The molecule has 0 radical (unpaired) electrons. The number of carbonyl (C=O) groups excluding carboxylic acids is 1. The maximum atomic E-state index is 11.8. The van der Waals surface area contributed by atoms with E-state index in [2.05, 4.69) is 10.1 Å². The van der Waals surface area contributed by atoms with Crippen molar-refractivity contribution in [3.8, 4) is 0 Å². The highest BCUT2D eigenvalue weighted by Crippen LogP contribution is 2.14. The number of aliphatic hydroxyl groups excluding tert-OH is 1. The number of ether oxygens (including phenoxy) is 1. The number of alkyl halides is 3. The first kappa shape index (κ1) is 16.5. The summed E-state index contributed by atoms with van der Waals surface area (Å²) in [6.45, 7) is -1.46. The van der Waals surface area contributed by atoms with E-state index in [9.17, 15) is 18.0 Å². The first-order chi connectivity index (χ1) is 9.40. The number of aliphatic hydroxyl groups is 1. The molecule has 1 amide bonds. The van der Waals surface area contributed by atoms with E-state index < -0.39 is 12.8 Å². The summed E-state index contributed by atoms with van der Waals surface area (Å²) >= 11 is 0. The zero-order valence-corrected chi connectivity index (χ0v) is 10.7. The summed E-state index contributed by atoms with van der Waals surface area (Å²) in [6.07, 6.45) is -4.50. The van der Waals surface area contributed by atoms with Crippen molar-refractivity contribution in [3.63, 3.8) is 0 Å². The average molecular weight is 291 g/mol. The zero-order valence-electron chi connectivity index (χ0n) is 10.7. The van der Waals surface area contributed by atoms with Crippen LogP contribution < -0.4 is 5.32 Å². The summed E-state index contributed by atoms with van der Waals surface area (Å²) < 4.78 is 39.7. The number of halogens is 3. The van der Waals surface area contributed by atoms with Gasteiger partial charge in [0.25, 0.3) is 0 Å². The lowest BCUT2D eigenvalue weighted by Crippen LogP contribution is -2.25.